The fraction of sp³-hybridized carbons (Fsp3) is 0.357. The minimum atomic E-state index is -3.53. The lowest BCUT2D eigenvalue weighted by atomic mass is 10.2. The maximum absolute atomic E-state index is 11.9. The van der Waals surface area contributed by atoms with Crippen LogP contribution >= 0.6 is 0 Å². The molecule has 0 radical (unpaired) electrons. The number of carbonyl (C=O) groups excluding carboxylic acids is 1. The summed E-state index contributed by atoms with van der Waals surface area (Å²) in [6.45, 7) is 0. The van der Waals surface area contributed by atoms with E-state index in [1.165, 1.54) is 12.1 Å². The summed E-state index contributed by atoms with van der Waals surface area (Å²) in [5.74, 6) is -0.341. The molecule has 0 bridgehead atoms. The number of sulfone groups is 1. The molecule has 1 aliphatic rings. The molecule has 0 saturated heterocycles. The van der Waals surface area contributed by atoms with Gasteiger partial charge in [0, 0.05) is 17.5 Å². The van der Waals surface area contributed by atoms with Crippen LogP contribution in [0.15, 0.2) is 46.7 Å². The molecule has 0 heterocycles. The first-order chi connectivity index (χ1) is 9.08. The second-order valence-electron chi connectivity index (χ2n) is 4.65. The zero-order valence-corrected chi connectivity index (χ0v) is 11.4. The summed E-state index contributed by atoms with van der Waals surface area (Å²) in [5, 5.41) is 3.78. The van der Waals surface area contributed by atoms with E-state index in [0.29, 0.717) is 0 Å². The summed E-state index contributed by atoms with van der Waals surface area (Å²) in [7, 11) is -3.53. The van der Waals surface area contributed by atoms with Crippen LogP contribution in [0.2, 0.25) is 0 Å². The molecular formula is C14H17NO3S. The summed E-state index contributed by atoms with van der Waals surface area (Å²) in [5.41, 5.74) is 0. The third kappa shape index (κ3) is 3.92. The van der Waals surface area contributed by atoms with Crippen molar-refractivity contribution < 1.29 is 13.2 Å². The highest BCUT2D eigenvalue weighted by Gasteiger charge is 2.16. The van der Waals surface area contributed by atoms with Crippen molar-refractivity contribution >= 4 is 15.7 Å². The Labute approximate surface area is 113 Å². The molecule has 1 saturated carbocycles. The number of carbonyl (C=O) groups is 1. The van der Waals surface area contributed by atoms with E-state index in [1.54, 1.807) is 18.2 Å². The van der Waals surface area contributed by atoms with Crippen molar-refractivity contribution in [2.24, 2.45) is 0 Å². The molecule has 4 nitrogen and oxygen atoms in total. The van der Waals surface area contributed by atoms with E-state index < -0.39 is 9.84 Å². The Kier molecular flexibility index (Phi) is 4.37. The third-order valence-electron chi connectivity index (χ3n) is 3.17. The first kappa shape index (κ1) is 13.8. The van der Waals surface area contributed by atoms with Gasteiger partial charge in [-0.2, -0.15) is 0 Å². The molecule has 1 aliphatic carbocycles. The molecule has 0 unspecified atom stereocenters. The van der Waals surface area contributed by atoms with Crippen molar-refractivity contribution in [3.05, 3.63) is 41.8 Å². The highest BCUT2D eigenvalue weighted by molar-refractivity contribution is 7.94. The zero-order valence-electron chi connectivity index (χ0n) is 10.6. The Hall–Kier alpha value is -1.62. The van der Waals surface area contributed by atoms with E-state index in [0.717, 1.165) is 37.2 Å². The SMILES string of the molecule is O=C(C=CS(=O)(=O)c1ccccc1)NC1CCCC1. The quantitative estimate of drug-likeness (QED) is 0.858. The summed E-state index contributed by atoms with van der Waals surface area (Å²) in [4.78, 5) is 11.8. The van der Waals surface area contributed by atoms with Crippen LogP contribution in [0.1, 0.15) is 25.7 Å². The van der Waals surface area contributed by atoms with Crippen LogP contribution in [-0.4, -0.2) is 20.4 Å². The van der Waals surface area contributed by atoms with Crippen LogP contribution in [0.25, 0.3) is 0 Å². The molecule has 102 valence electrons. The monoisotopic (exact) mass is 279 g/mol. The number of amides is 1. The van der Waals surface area contributed by atoms with Crippen LogP contribution in [0.5, 0.6) is 0 Å². The van der Waals surface area contributed by atoms with Gasteiger partial charge >= 0.3 is 0 Å². The van der Waals surface area contributed by atoms with E-state index >= 15 is 0 Å². The lowest BCUT2D eigenvalue weighted by Crippen LogP contribution is -2.31. The Morgan fingerprint density at radius 1 is 1.16 bits per heavy atom. The summed E-state index contributed by atoms with van der Waals surface area (Å²) in [6, 6.07) is 8.26. The fourth-order valence-electron chi connectivity index (χ4n) is 2.16. The van der Waals surface area contributed by atoms with Crippen LogP contribution in [0, 0.1) is 0 Å². The lowest BCUT2D eigenvalue weighted by Gasteiger charge is -2.09. The smallest absolute Gasteiger partial charge is 0.244 e. The molecule has 1 aromatic carbocycles. The van der Waals surface area contributed by atoms with Gasteiger partial charge in [-0.05, 0) is 25.0 Å². The van der Waals surface area contributed by atoms with Crippen LogP contribution in [0.4, 0.5) is 0 Å². The number of benzene rings is 1. The molecule has 0 aromatic heterocycles. The Balaban J connectivity index is 1.99. The molecule has 1 fully saturated rings. The van der Waals surface area contributed by atoms with Gasteiger partial charge in [-0.1, -0.05) is 31.0 Å². The summed E-state index contributed by atoms with van der Waals surface area (Å²) >= 11 is 0. The highest BCUT2D eigenvalue weighted by Crippen LogP contribution is 2.17. The van der Waals surface area contributed by atoms with Crippen LogP contribution in [0.3, 0.4) is 0 Å². The Bertz CT molecular complexity index is 558. The normalized spacial score (nSPS) is 16.8. The van der Waals surface area contributed by atoms with E-state index in [-0.39, 0.29) is 16.8 Å². The fourth-order valence-corrected chi connectivity index (χ4v) is 3.16. The van der Waals surface area contributed by atoms with Gasteiger partial charge in [0.15, 0.2) is 9.84 Å². The average Bonchev–Trinajstić information content (AvgIpc) is 2.90. The van der Waals surface area contributed by atoms with E-state index in [1.807, 2.05) is 0 Å². The van der Waals surface area contributed by atoms with Crippen LogP contribution in [-0.2, 0) is 14.6 Å². The van der Waals surface area contributed by atoms with Gasteiger partial charge in [0.05, 0.1) is 4.90 Å². The Morgan fingerprint density at radius 3 is 2.42 bits per heavy atom. The van der Waals surface area contributed by atoms with Crippen LogP contribution < -0.4 is 5.32 Å². The molecule has 0 spiro atoms. The molecule has 1 amide bonds. The first-order valence-corrected chi connectivity index (χ1v) is 7.91. The van der Waals surface area contributed by atoms with Gasteiger partial charge in [-0.25, -0.2) is 8.42 Å². The van der Waals surface area contributed by atoms with E-state index in [2.05, 4.69) is 5.32 Å². The van der Waals surface area contributed by atoms with Crippen molar-refractivity contribution in [1.29, 1.82) is 0 Å². The summed E-state index contributed by atoms with van der Waals surface area (Å²) < 4.78 is 23.8. The van der Waals surface area contributed by atoms with Crippen molar-refractivity contribution in [3.8, 4) is 0 Å². The minimum absolute atomic E-state index is 0.191. The van der Waals surface area contributed by atoms with Gasteiger partial charge in [0.1, 0.15) is 0 Å². The highest BCUT2D eigenvalue weighted by atomic mass is 32.2. The molecule has 1 N–H and O–H groups in total. The molecule has 2 rings (SSSR count). The average molecular weight is 279 g/mol. The molecule has 0 aliphatic heterocycles. The van der Waals surface area contributed by atoms with Crippen molar-refractivity contribution in [2.75, 3.05) is 0 Å². The summed E-state index contributed by atoms with van der Waals surface area (Å²) in [6.07, 6.45) is 5.30. The van der Waals surface area contributed by atoms with Gasteiger partial charge < -0.3 is 5.32 Å². The Morgan fingerprint density at radius 2 is 1.79 bits per heavy atom. The predicted octanol–water partition coefficient (Wildman–Crippen LogP) is 2.03. The van der Waals surface area contributed by atoms with Crippen molar-refractivity contribution in [1.82, 2.24) is 5.32 Å². The predicted molar refractivity (Wildman–Crippen MR) is 73.2 cm³/mol. The van der Waals surface area contributed by atoms with Crippen molar-refractivity contribution in [2.45, 2.75) is 36.6 Å². The number of hydrogen-bond acceptors (Lipinski definition) is 3. The molecule has 1 aromatic rings. The molecule has 19 heavy (non-hydrogen) atoms. The van der Waals surface area contributed by atoms with Gasteiger partial charge in [0.25, 0.3) is 0 Å². The first-order valence-electron chi connectivity index (χ1n) is 6.37. The second-order valence-corrected chi connectivity index (χ2v) is 6.48. The number of rotatable bonds is 4. The van der Waals surface area contributed by atoms with E-state index in [9.17, 15) is 13.2 Å². The molecule has 0 atom stereocenters. The minimum Gasteiger partial charge on any atom is -0.350 e. The standard InChI is InChI=1S/C14H17NO3S/c16-14(15-12-6-4-5-7-12)10-11-19(17,18)13-8-2-1-3-9-13/h1-3,8-12H,4-7H2,(H,15,16). The topological polar surface area (TPSA) is 63.2 Å². The van der Waals surface area contributed by atoms with Crippen molar-refractivity contribution in [3.63, 3.8) is 0 Å². The lowest BCUT2D eigenvalue weighted by molar-refractivity contribution is -0.117. The van der Waals surface area contributed by atoms with Gasteiger partial charge in [0.2, 0.25) is 5.91 Å². The second kappa shape index (κ2) is 6.02. The molecule has 5 heteroatoms. The molecular weight excluding hydrogens is 262 g/mol. The number of hydrogen-bond donors (Lipinski definition) is 1. The zero-order chi connectivity index (χ0) is 13.7. The van der Waals surface area contributed by atoms with E-state index in [4.69, 9.17) is 0 Å². The third-order valence-corrected chi connectivity index (χ3v) is 4.60. The maximum atomic E-state index is 11.9. The maximum Gasteiger partial charge on any atom is 0.244 e. The van der Waals surface area contributed by atoms with Gasteiger partial charge in [-0.3, -0.25) is 4.79 Å². The number of nitrogens with one attached hydrogen (secondary N) is 1. The van der Waals surface area contributed by atoms with Gasteiger partial charge in [-0.15, -0.1) is 0 Å². The largest absolute Gasteiger partial charge is 0.350 e.